The van der Waals surface area contributed by atoms with Crippen molar-refractivity contribution >= 4 is 22.4 Å². The summed E-state index contributed by atoms with van der Waals surface area (Å²) in [4.78, 5) is 26.2. The normalized spacial score (nSPS) is 11.2. The summed E-state index contributed by atoms with van der Waals surface area (Å²) in [5.41, 5.74) is 1.33. The quantitative estimate of drug-likeness (QED) is 0.181. The molecular formula is C24H28N2O5. The second kappa shape index (κ2) is 10.2. The van der Waals surface area contributed by atoms with Crippen molar-refractivity contribution in [2.24, 2.45) is 0 Å². The van der Waals surface area contributed by atoms with Gasteiger partial charge < -0.3 is 14.1 Å². The molecule has 0 aliphatic heterocycles. The Hall–Kier alpha value is -3.19. The molecule has 0 amide bonds. The highest BCUT2D eigenvalue weighted by Crippen LogP contribution is 2.32. The number of rotatable bonds is 11. The molecule has 0 aliphatic carbocycles. The lowest BCUT2D eigenvalue weighted by molar-refractivity contribution is -0.384. The molecule has 3 aromatic rings. The first-order chi connectivity index (χ1) is 14.9. The van der Waals surface area contributed by atoms with Crippen LogP contribution in [0.5, 0.6) is 5.75 Å². The van der Waals surface area contributed by atoms with Gasteiger partial charge in [-0.15, -0.1) is 0 Å². The maximum Gasteiger partial charge on any atom is 0.270 e. The molecule has 0 atom stereocenters. The van der Waals surface area contributed by atoms with Crippen LogP contribution in [0.3, 0.4) is 0 Å². The van der Waals surface area contributed by atoms with Crippen LogP contribution < -0.4 is 4.74 Å². The zero-order valence-electron chi connectivity index (χ0n) is 18.2. The zero-order valence-corrected chi connectivity index (χ0v) is 18.2. The number of nitro groups is 1. The van der Waals surface area contributed by atoms with Crippen LogP contribution in [0.25, 0.3) is 11.0 Å². The molecule has 3 rings (SSSR count). The third-order valence-electron chi connectivity index (χ3n) is 5.07. The van der Waals surface area contributed by atoms with E-state index in [0.717, 1.165) is 25.8 Å². The van der Waals surface area contributed by atoms with Gasteiger partial charge in [-0.1, -0.05) is 13.3 Å². The molecule has 164 valence electrons. The smallest absolute Gasteiger partial charge is 0.270 e. The lowest BCUT2D eigenvalue weighted by Gasteiger charge is -2.10. The summed E-state index contributed by atoms with van der Waals surface area (Å²) < 4.78 is 11.7. The number of carbonyl (C=O) groups excluding carboxylic acids is 1. The predicted molar refractivity (Wildman–Crippen MR) is 120 cm³/mol. The fourth-order valence-corrected chi connectivity index (χ4v) is 3.43. The van der Waals surface area contributed by atoms with Gasteiger partial charge >= 0.3 is 0 Å². The molecule has 1 heterocycles. The Labute approximate surface area is 181 Å². The molecule has 0 unspecified atom stereocenters. The van der Waals surface area contributed by atoms with E-state index < -0.39 is 4.92 Å². The van der Waals surface area contributed by atoms with Crippen LogP contribution in [0.4, 0.5) is 5.69 Å². The van der Waals surface area contributed by atoms with Crippen molar-refractivity contribution in [1.29, 1.82) is 0 Å². The molecule has 0 saturated carbocycles. The van der Waals surface area contributed by atoms with E-state index in [2.05, 4.69) is 11.8 Å². The number of non-ortho nitro benzene ring substituents is 1. The van der Waals surface area contributed by atoms with Crippen molar-refractivity contribution in [2.45, 2.75) is 32.6 Å². The minimum atomic E-state index is -0.463. The third kappa shape index (κ3) is 5.49. The topological polar surface area (TPSA) is 85.8 Å². The summed E-state index contributed by atoms with van der Waals surface area (Å²) >= 11 is 0. The number of ketones is 1. The lowest BCUT2D eigenvalue weighted by atomic mass is 9.98. The lowest BCUT2D eigenvalue weighted by Crippen LogP contribution is -2.15. The molecule has 2 aromatic carbocycles. The molecule has 1 aromatic heterocycles. The van der Waals surface area contributed by atoms with Gasteiger partial charge in [-0.3, -0.25) is 14.9 Å². The zero-order chi connectivity index (χ0) is 22.4. The molecular weight excluding hydrogens is 396 g/mol. The van der Waals surface area contributed by atoms with Gasteiger partial charge in [0.25, 0.3) is 5.69 Å². The summed E-state index contributed by atoms with van der Waals surface area (Å²) in [6, 6.07) is 11.4. The van der Waals surface area contributed by atoms with Crippen LogP contribution in [0.1, 0.15) is 47.9 Å². The Bertz CT molecular complexity index is 1050. The Balaban J connectivity index is 1.87. The number of hydrogen-bond acceptors (Lipinski definition) is 6. The van der Waals surface area contributed by atoms with E-state index in [1.807, 2.05) is 14.1 Å². The van der Waals surface area contributed by atoms with Gasteiger partial charge in [0.1, 0.15) is 17.1 Å². The van der Waals surface area contributed by atoms with Crippen LogP contribution in [-0.4, -0.2) is 42.9 Å². The summed E-state index contributed by atoms with van der Waals surface area (Å²) in [6.45, 7) is 3.60. The number of fused-ring (bicyclic) bond motifs is 1. The van der Waals surface area contributed by atoms with Crippen molar-refractivity contribution in [3.05, 3.63) is 69.5 Å². The van der Waals surface area contributed by atoms with Crippen LogP contribution >= 0.6 is 0 Å². The summed E-state index contributed by atoms with van der Waals surface area (Å²) in [7, 11) is 4.03. The van der Waals surface area contributed by atoms with Crippen molar-refractivity contribution in [2.75, 3.05) is 27.2 Å². The minimum absolute atomic E-state index is 0.0640. The summed E-state index contributed by atoms with van der Waals surface area (Å²) in [5.74, 6) is 1.07. The number of nitro benzene ring substituents is 1. The molecule has 7 heteroatoms. The summed E-state index contributed by atoms with van der Waals surface area (Å²) in [6.07, 6.45) is 3.33. The van der Waals surface area contributed by atoms with Crippen molar-refractivity contribution in [1.82, 2.24) is 4.90 Å². The average Bonchev–Trinajstić information content (AvgIpc) is 3.12. The highest BCUT2D eigenvalue weighted by molar-refractivity contribution is 6.17. The van der Waals surface area contributed by atoms with Gasteiger partial charge in [0, 0.05) is 36.0 Å². The SMILES string of the molecule is CCCCc1oc2ccc([N+](=O)[O-])cc2c1C(=O)c1ccc(OCCCN(C)C)cc1. The van der Waals surface area contributed by atoms with E-state index in [-0.39, 0.29) is 11.5 Å². The van der Waals surface area contributed by atoms with Crippen LogP contribution in [0, 0.1) is 10.1 Å². The molecule has 0 radical (unpaired) electrons. The Morgan fingerprint density at radius 3 is 2.52 bits per heavy atom. The van der Waals surface area contributed by atoms with Crippen LogP contribution in [-0.2, 0) is 6.42 Å². The van der Waals surface area contributed by atoms with Gasteiger partial charge in [-0.2, -0.15) is 0 Å². The molecule has 0 fully saturated rings. The molecule has 0 saturated heterocycles. The Morgan fingerprint density at radius 1 is 1.13 bits per heavy atom. The van der Waals surface area contributed by atoms with Gasteiger partial charge in [0.2, 0.25) is 0 Å². The fraction of sp³-hybridized carbons (Fsp3) is 0.375. The maximum absolute atomic E-state index is 13.4. The Morgan fingerprint density at radius 2 is 1.87 bits per heavy atom. The molecule has 31 heavy (non-hydrogen) atoms. The van der Waals surface area contributed by atoms with Gasteiger partial charge in [0.15, 0.2) is 5.78 Å². The Kier molecular flexibility index (Phi) is 7.41. The first-order valence-corrected chi connectivity index (χ1v) is 10.5. The molecule has 0 bridgehead atoms. The number of hydrogen-bond donors (Lipinski definition) is 0. The highest BCUT2D eigenvalue weighted by atomic mass is 16.6. The van der Waals surface area contributed by atoms with Crippen molar-refractivity contribution in [3.63, 3.8) is 0 Å². The fourth-order valence-electron chi connectivity index (χ4n) is 3.43. The van der Waals surface area contributed by atoms with Gasteiger partial charge in [-0.25, -0.2) is 0 Å². The van der Waals surface area contributed by atoms with Crippen LogP contribution in [0.2, 0.25) is 0 Å². The average molecular weight is 424 g/mol. The van der Waals surface area contributed by atoms with Crippen molar-refractivity contribution < 1.29 is 18.9 Å². The standard InChI is InChI=1S/C24H28N2O5/c1-4-5-7-22-23(20-16-18(26(28)29)10-13-21(20)31-22)24(27)17-8-11-19(12-9-17)30-15-6-14-25(2)3/h8-13,16H,4-7,14-15H2,1-3H3. The monoisotopic (exact) mass is 424 g/mol. The largest absolute Gasteiger partial charge is 0.494 e. The first-order valence-electron chi connectivity index (χ1n) is 10.5. The molecule has 0 aliphatic rings. The molecule has 7 nitrogen and oxygen atoms in total. The number of ether oxygens (including phenoxy) is 1. The number of carbonyl (C=O) groups is 1. The van der Waals surface area contributed by atoms with Gasteiger partial charge in [-0.05, 0) is 57.3 Å². The molecule has 0 N–H and O–H groups in total. The van der Waals surface area contributed by atoms with E-state index in [1.165, 1.54) is 12.1 Å². The highest BCUT2D eigenvalue weighted by Gasteiger charge is 2.23. The number of benzene rings is 2. The predicted octanol–water partition coefficient (Wildman–Crippen LogP) is 5.25. The number of nitrogens with zero attached hydrogens (tertiary/aromatic N) is 2. The van der Waals surface area contributed by atoms with E-state index in [9.17, 15) is 14.9 Å². The van der Waals surface area contributed by atoms with E-state index in [1.54, 1.807) is 30.3 Å². The number of aryl methyl sites for hydroxylation is 1. The summed E-state index contributed by atoms with van der Waals surface area (Å²) in [5, 5.41) is 11.7. The van der Waals surface area contributed by atoms with E-state index in [4.69, 9.17) is 9.15 Å². The maximum atomic E-state index is 13.4. The van der Waals surface area contributed by atoms with Crippen molar-refractivity contribution in [3.8, 4) is 5.75 Å². The van der Waals surface area contributed by atoms with E-state index in [0.29, 0.717) is 46.6 Å². The minimum Gasteiger partial charge on any atom is -0.494 e. The van der Waals surface area contributed by atoms with Gasteiger partial charge in [0.05, 0.1) is 17.1 Å². The number of unbranched alkanes of at least 4 members (excludes halogenated alkanes) is 1. The number of furan rings is 1. The third-order valence-corrected chi connectivity index (χ3v) is 5.07. The van der Waals surface area contributed by atoms with E-state index >= 15 is 0 Å². The second-order valence-corrected chi connectivity index (χ2v) is 7.80. The second-order valence-electron chi connectivity index (χ2n) is 7.80. The molecule has 0 spiro atoms. The first kappa shape index (κ1) is 22.5. The van der Waals surface area contributed by atoms with Crippen LogP contribution in [0.15, 0.2) is 46.9 Å².